The number of halogens is 1. The normalized spacial score (nSPS) is 17.5. The molecule has 3 N–H and O–H groups in total. The van der Waals surface area contributed by atoms with Crippen molar-refractivity contribution in [3.05, 3.63) is 63.8 Å². The number of benzene rings is 2. The molecule has 1 unspecified atom stereocenters. The predicted octanol–water partition coefficient (Wildman–Crippen LogP) is 3.15. The van der Waals surface area contributed by atoms with Crippen LogP contribution in [0.2, 0.25) is 0 Å². The third kappa shape index (κ3) is 2.23. The average Bonchev–Trinajstić information content (AvgIpc) is 2.93. The lowest BCUT2D eigenvalue weighted by Crippen LogP contribution is -2.87. The highest BCUT2D eigenvalue weighted by Crippen LogP contribution is 2.32. The van der Waals surface area contributed by atoms with E-state index in [4.69, 9.17) is 4.74 Å². The fourth-order valence-electron chi connectivity index (χ4n) is 3.39. The monoisotopic (exact) mass is 357 g/mol. The Morgan fingerprint density at radius 3 is 2.77 bits per heavy atom. The zero-order valence-electron chi connectivity index (χ0n) is 12.4. The molecule has 112 valence electrons. The number of nitrogens with two attached hydrogens (primary N) is 1. The number of H-pyrrole nitrogens is 1. The van der Waals surface area contributed by atoms with E-state index < -0.39 is 0 Å². The first-order chi connectivity index (χ1) is 10.8. The van der Waals surface area contributed by atoms with Gasteiger partial charge in [-0.05, 0) is 35.9 Å². The van der Waals surface area contributed by atoms with Crippen molar-refractivity contribution >= 4 is 26.8 Å². The summed E-state index contributed by atoms with van der Waals surface area (Å²) in [4.78, 5) is 3.63. The lowest BCUT2D eigenvalue weighted by molar-refractivity contribution is -0.690. The van der Waals surface area contributed by atoms with Crippen molar-refractivity contribution < 1.29 is 10.1 Å². The van der Waals surface area contributed by atoms with Crippen LogP contribution in [0.4, 0.5) is 0 Å². The number of hydrogen-bond donors (Lipinski definition) is 2. The van der Waals surface area contributed by atoms with Crippen LogP contribution < -0.4 is 10.1 Å². The predicted molar refractivity (Wildman–Crippen MR) is 91.3 cm³/mol. The summed E-state index contributed by atoms with van der Waals surface area (Å²) in [6.07, 6.45) is 1.09. The minimum atomic E-state index is 0.343. The van der Waals surface area contributed by atoms with Gasteiger partial charge in [-0.2, -0.15) is 0 Å². The summed E-state index contributed by atoms with van der Waals surface area (Å²) >= 11 is 3.51. The molecule has 0 bridgehead atoms. The van der Waals surface area contributed by atoms with Gasteiger partial charge in [0.05, 0.1) is 19.3 Å². The van der Waals surface area contributed by atoms with Crippen LogP contribution >= 0.6 is 15.9 Å². The van der Waals surface area contributed by atoms with E-state index in [2.05, 4.69) is 62.6 Å². The summed E-state index contributed by atoms with van der Waals surface area (Å²) in [6, 6.07) is 15.3. The first-order valence-electron chi connectivity index (χ1n) is 7.53. The van der Waals surface area contributed by atoms with Crippen LogP contribution in [0.3, 0.4) is 0 Å². The Bertz CT molecular complexity index is 823. The zero-order valence-corrected chi connectivity index (χ0v) is 14.0. The standard InChI is InChI=1S/C18H17BrN2O/c1-22-13-6-7-16-15(10-13)14-8-9-20-17(18(14)21-16)11-2-4-12(19)5-3-11/h2-7,10,17,20-21H,8-9H2,1H3/p+1. The van der Waals surface area contributed by atoms with E-state index in [0.717, 1.165) is 23.2 Å². The van der Waals surface area contributed by atoms with Gasteiger partial charge in [0.1, 0.15) is 5.75 Å². The van der Waals surface area contributed by atoms with Crippen LogP contribution in [0.15, 0.2) is 46.9 Å². The van der Waals surface area contributed by atoms with E-state index in [0.29, 0.717) is 6.04 Å². The molecule has 1 atom stereocenters. The minimum absolute atomic E-state index is 0.343. The maximum Gasteiger partial charge on any atom is 0.153 e. The van der Waals surface area contributed by atoms with Gasteiger partial charge in [-0.3, -0.25) is 0 Å². The smallest absolute Gasteiger partial charge is 0.153 e. The highest BCUT2D eigenvalue weighted by Gasteiger charge is 2.28. The fourth-order valence-corrected chi connectivity index (χ4v) is 3.66. The number of hydrogen-bond acceptors (Lipinski definition) is 1. The second kappa shape index (κ2) is 5.45. The lowest BCUT2D eigenvalue weighted by atomic mass is 9.94. The van der Waals surface area contributed by atoms with Crippen molar-refractivity contribution in [3.8, 4) is 5.75 Å². The van der Waals surface area contributed by atoms with Gasteiger partial charge < -0.3 is 15.0 Å². The average molecular weight is 358 g/mol. The SMILES string of the molecule is COc1ccc2[nH]c3c(c2c1)CC[NH2+]C3c1ccc(Br)cc1. The molecular formula is C18H18BrN2O+. The second-order valence-electron chi connectivity index (χ2n) is 5.73. The quantitative estimate of drug-likeness (QED) is 0.726. The van der Waals surface area contributed by atoms with Gasteiger partial charge in [0.2, 0.25) is 0 Å². The van der Waals surface area contributed by atoms with Crippen molar-refractivity contribution in [3.63, 3.8) is 0 Å². The Morgan fingerprint density at radius 2 is 2.00 bits per heavy atom. The largest absolute Gasteiger partial charge is 0.497 e. The summed E-state index contributed by atoms with van der Waals surface area (Å²) in [7, 11) is 1.72. The molecule has 0 saturated heterocycles. The van der Waals surface area contributed by atoms with E-state index in [-0.39, 0.29) is 0 Å². The molecule has 0 aliphatic carbocycles. The van der Waals surface area contributed by atoms with Crippen LogP contribution in [0, 0.1) is 0 Å². The van der Waals surface area contributed by atoms with Crippen LogP contribution in [0.1, 0.15) is 22.9 Å². The molecule has 0 amide bonds. The Hall–Kier alpha value is -1.78. The molecule has 3 nitrogen and oxygen atoms in total. The van der Waals surface area contributed by atoms with E-state index in [9.17, 15) is 0 Å². The second-order valence-corrected chi connectivity index (χ2v) is 6.65. The topological polar surface area (TPSA) is 41.6 Å². The Balaban J connectivity index is 1.85. The molecule has 1 aliphatic rings. The van der Waals surface area contributed by atoms with Crippen LogP contribution in [0.5, 0.6) is 5.75 Å². The number of ether oxygens (including phenoxy) is 1. The molecule has 0 saturated carbocycles. The number of methoxy groups -OCH3 is 1. The number of rotatable bonds is 2. The van der Waals surface area contributed by atoms with Crippen molar-refractivity contribution in [2.24, 2.45) is 0 Å². The summed E-state index contributed by atoms with van der Waals surface area (Å²) in [6.45, 7) is 1.11. The van der Waals surface area contributed by atoms with E-state index >= 15 is 0 Å². The molecule has 0 spiro atoms. The van der Waals surface area contributed by atoms with Gasteiger partial charge in [0.25, 0.3) is 0 Å². The molecule has 2 aromatic carbocycles. The molecule has 3 aromatic rings. The Morgan fingerprint density at radius 1 is 1.18 bits per heavy atom. The third-order valence-electron chi connectivity index (χ3n) is 4.48. The van der Waals surface area contributed by atoms with Crippen LogP contribution in [-0.2, 0) is 6.42 Å². The van der Waals surface area contributed by atoms with Crippen LogP contribution in [-0.4, -0.2) is 18.6 Å². The number of aromatic amines is 1. The summed E-state index contributed by atoms with van der Waals surface area (Å²) in [5, 5.41) is 3.71. The molecular weight excluding hydrogens is 340 g/mol. The molecule has 22 heavy (non-hydrogen) atoms. The molecule has 4 rings (SSSR count). The first kappa shape index (κ1) is 13.9. The Labute approximate surface area is 137 Å². The number of nitrogens with one attached hydrogen (secondary N) is 1. The van der Waals surface area contributed by atoms with Crippen molar-refractivity contribution in [2.45, 2.75) is 12.5 Å². The molecule has 4 heteroatoms. The number of quaternary nitrogens is 1. The van der Waals surface area contributed by atoms with Gasteiger partial charge >= 0.3 is 0 Å². The lowest BCUT2D eigenvalue weighted by Gasteiger charge is -2.21. The van der Waals surface area contributed by atoms with Crippen molar-refractivity contribution in [2.75, 3.05) is 13.7 Å². The van der Waals surface area contributed by atoms with Crippen molar-refractivity contribution in [1.29, 1.82) is 0 Å². The summed E-state index contributed by atoms with van der Waals surface area (Å²) in [5.74, 6) is 0.920. The van der Waals surface area contributed by atoms with Gasteiger partial charge in [-0.15, -0.1) is 0 Å². The number of fused-ring (bicyclic) bond motifs is 3. The molecule has 0 radical (unpaired) electrons. The maximum absolute atomic E-state index is 5.38. The van der Waals surface area contributed by atoms with E-state index in [1.54, 1.807) is 7.11 Å². The molecule has 2 heterocycles. The van der Waals surface area contributed by atoms with E-state index in [1.807, 2.05) is 6.07 Å². The Kier molecular flexibility index (Phi) is 3.43. The summed E-state index contributed by atoms with van der Waals surface area (Å²) < 4.78 is 6.50. The molecule has 1 aliphatic heterocycles. The van der Waals surface area contributed by atoms with Gasteiger partial charge in [0.15, 0.2) is 6.04 Å². The van der Waals surface area contributed by atoms with Gasteiger partial charge in [-0.1, -0.05) is 28.1 Å². The maximum atomic E-state index is 5.38. The fraction of sp³-hybridized carbons (Fsp3) is 0.222. The first-order valence-corrected chi connectivity index (χ1v) is 8.33. The molecule has 1 aromatic heterocycles. The van der Waals surface area contributed by atoms with Gasteiger partial charge in [0, 0.05) is 27.4 Å². The number of aromatic nitrogens is 1. The van der Waals surface area contributed by atoms with Gasteiger partial charge in [-0.25, -0.2) is 0 Å². The third-order valence-corrected chi connectivity index (χ3v) is 5.01. The highest BCUT2D eigenvalue weighted by molar-refractivity contribution is 9.10. The van der Waals surface area contributed by atoms with E-state index in [1.165, 1.54) is 27.7 Å². The zero-order chi connectivity index (χ0) is 15.1. The summed E-state index contributed by atoms with van der Waals surface area (Å²) in [5.41, 5.74) is 5.30. The van der Waals surface area contributed by atoms with Crippen LogP contribution in [0.25, 0.3) is 10.9 Å². The minimum Gasteiger partial charge on any atom is -0.497 e. The van der Waals surface area contributed by atoms with Crippen molar-refractivity contribution in [1.82, 2.24) is 4.98 Å². The molecule has 0 fully saturated rings. The highest BCUT2D eigenvalue weighted by atomic mass is 79.9.